The fraction of sp³-hybridized carbons (Fsp3) is 0.600. The Labute approximate surface area is 98.5 Å². The van der Waals surface area contributed by atoms with Crippen LogP contribution in [-0.4, -0.2) is 42.5 Å². The van der Waals surface area contributed by atoms with Gasteiger partial charge in [0.25, 0.3) is 0 Å². The van der Waals surface area contributed by atoms with E-state index in [4.69, 9.17) is 14.2 Å². The minimum atomic E-state index is -0.371. The third kappa shape index (κ3) is 2.68. The van der Waals surface area contributed by atoms with E-state index in [9.17, 15) is 4.79 Å². The van der Waals surface area contributed by atoms with Gasteiger partial charge < -0.3 is 14.2 Å². The van der Waals surface area contributed by atoms with Crippen LogP contribution in [0.4, 0.5) is 0 Å². The lowest BCUT2D eigenvalue weighted by atomic mass is 10.1. The molecule has 86 valence electrons. The largest absolute Gasteiger partial charge is 0.476 e. The molecule has 0 N–H and O–H groups in total. The van der Waals surface area contributed by atoms with Gasteiger partial charge in [0.1, 0.15) is 18.1 Å². The van der Waals surface area contributed by atoms with E-state index in [1.165, 1.54) is 18.7 Å². The van der Waals surface area contributed by atoms with Crippen molar-refractivity contribution < 1.29 is 19.0 Å². The van der Waals surface area contributed by atoms with Crippen molar-refractivity contribution in [2.45, 2.75) is 24.5 Å². The number of aliphatic imine (C=N–C) groups is 1. The quantitative estimate of drug-likeness (QED) is 0.661. The summed E-state index contributed by atoms with van der Waals surface area (Å²) < 4.78 is 15.5. The van der Waals surface area contributed by atoms with E-state index in [0.29, 0.717) is 5.23 Å². The Hall–Kier alpha value is -0.750. The number of hydrogen-bond acceptors (Lipinski definition) is 6. The molecule has 0 aromatic heterocycles. The maximum atomic E-state index is 10.6. The summed E-state index contributed by atoms with van der Waals surface area (Å²) in [5.74, 6) is -0.333. The Morgan fingerprint density at radius 1 is 1.62 bits per heavy atom. The van der Waals surface area contributed by atoms with Gasteiger partial charge in [-0.1, -0.05) is 0 Å². The molecule has 1 fully saturated rings. The first-order chi connectivity index (χ1) is 7.69. The third-order valence-corrected chi connectivity index (χ3v) is 3.10. The predicted octanol–water partition coefficient (Wildman–Crippen LogP) is 0.555. The van der Waals surface area contributed by atoms with Gasteiger partial charge in [0.2, 0.25) is 5.23 Å². The van der Waals surface area contributed by atoms with Gasteiger partial charge in [0, 0.05) is 19.8 Å². The molecular weight excluding hydrogens is 230 g/mol. The van der Waals surface area contributed by atoms with Crippen molar-refractivity contribution in [3.8, 4) is 0 Å². The topological polar surface area (TPSA) is 57.1 Å². The van der Waals surface area contributed by atoms with Gasteiger partial charge in [-0.05, 0) is 11.8 Å². The smallest absolute Gasteiger partial charge is 0.302 e. The summed E-state index contributed by atoms with van der Waals surface area (Å²) in [5, 5.41) is 0.581. The highest BCUT2D eigenvalue weighted by Gasteiger charge is 2.38. The minimum absolute atomic E-state index is 0.156. The summed E-state index contributed by atoms with van der Waals surface area (Å²) in [4.78, 5) is 14.8. The van der Waals surface area contributed by atoms with Crippen LogP contribution in [0, 0.1) is 12.8 Å². The molecule has 0 aromatic rings. The number of fused-ring (bicyclic) bond motifs is 1. The molecule has 2 heterocycles. The molecule has 6 heteroatoms. The average Bonchev–Trinajstić information content (AvgIpc) is 2.68. The second-order valence-electron chi connectivity index (χ2n) is 3.25. The van der Waals surface area contributed by atoms with Gasteiger partial charge in [0.15, 0.2) is 0 Å². The van der Waals surface area contributed by atoms with Crippen molar-refractivity contribution >= 4 is 23.0 Å². The van der Waals surface area contributed by atoms with E-state index in [1.54, 1.807) is 7.11 Å². The molecule has 0 spiro atoms. The standard InChI is InChI=1S/C10H11NO4S/c1-6(12)14-5-7-3-4-8-9(15-7)16-10(11-8)13-2/h7-9H,5H2,1-2H3/t7-,8-,9-/m1/s1. The van der Waals surface area contributed by atoms with Crippen molar-refractivity contribution in [2.75, 3.05) is 13.7 Å². The number of carbonyl (C=O) groups excluding carboxylic acids is 1. The Bertz CT molecular complexity index is 307. The Balaban J connectivity index is 1.82. The highest BCUT2D eigenvalue weighted by molar-refractivity contribution is 8.14. The van der Waals surface area contributed by atoms with Crippen LogP contribution in [0.25, 0.3) is 0 Å². The number of thioether (sulfide) groups is 1. The van der Waals surface area contributed by atoms with Crippen molar-refractivity contribution in [2.24, 2.45) is 4.99 Å². The fourth-order valence-electron chi connectivity index (χ4n) is 1.32. The molecule has 2 rings (SSSR count). The molecule has 5 nitrogen and oxygen atoms in total. The van der Waals surface area contributed by atoms with E-state index in [2.05, 4.69) is 17.8 Å². The Morgan fingerprint density at radius 2 is 2.44 bits per heavy atom. The molecule has 0 amide bonds. The van der Waals surface area contributed by atoms with Crippen LogP contribution in [0.2, 0.25) is 0 Å². The second-order valence-corrected chi connectivity index (χ2v) is 4.30. The highest BCUT2D eigenvalue weighted by Crippen LogP contribution is 2.35. The van der Waals surface area contributed by atoms with Crippen molar-refractivity contribution in [1.82, 2.24) is 0 Å². The summed E-state index contributed by atoms with van der Waals surface area (Å²) in [5.41, 5.74) is -0.156. The molecular formula is C10H11NO4S. The SMILES string of the molecule is COC1=N[C@@H]2[C][C][C@H](COC(C)=O)O[C@@H]2S1. The number of rotatable bonds is 2. The molecule has 2 aliphatic heterocycles. The van der Waals surface area contributed by atoms with Crippen LogP contribution >= 0.6 is 11.8 Å². The van der Waals surface area contributed by atoms with Crippen LogP contribution in [0.5, 0.6) is 0 Å². The maximum absolute atomic E-state index is 10.6. The zero-order chi connectivity index (χ0) is 11.5. The zero-order valence-electron chi connectivity index (χ0n) is 8.93. The number of methoxy groups -OCH3 is 1. The van der Waals surface area contributed by atoms with Gasteiger partial charge >= 0.3 is 5.97 Å². The van der Waals surface area contributed by atoms with Gasteiger partial charge in [-0.3, -0.25) is 4.79 Å². The van der Waals surface area contributed by atoms with E-state index < -0.39 is 0 Å². The Morgan fingerprint density at radius 3 is 3.12 bits per heavy atom. The summed E-state index contributed by atoms with van der Waals surface area (Å²) in [6.07, 6.45) is 5.46. The number of hydrogen-bond donors (Lipinski definition) is 0. The first-order valence-corrected chi connectivity index (χ1v) is 5.65. The van der Waals surface area contributed by atoms with E-state index in [1.807, 2.05) is 0 Å². The van der Waals surface area contributed by atoms with Crippen molar-refractivity contribution in [1.29, 1.82) is 0 Å². The second kappa shape index (κ2) is 5.05. The van der Waals surface area contributed by atoms with Crippen molar-refractivity contribution in [3.63, 3.8) is 0 Å². The molecule has 0 bridgehead atoms. The van der Waals surface area contributed by atoms with Crippen LogP contribution < -0.4 is 0 Å². The summed E-state index contributed by atoms with van der Waals surface area (Å²) >= 11 is 1.40. The van der Waals surface area contributed by atoms with Crippen LogP contribution in [-0.2, 0) is 19.0 Å². The van der Waals surface area contributed by atoms with Crippen LogP contribution in [0.1, 0.15) is 6.92 Å². The van der Waals surface area contributed by atoms with Gasteiger partial charge in [-0.2, -0.15) is 0 Å². The third-order valence-electron chi connectivity index (χ3n) is 2.02. The maximum Gasteiger partial charge on any atom is 0.302 e. The fourth-order valence-corrected chi connectivity index (χ4v) is 2.24. The normalized spacial score (nSPS) is 32.9. The van der Waals surface area contributed by atoms with E-state index >= 15 is 0 Å². The lowest BCUT2D eigenvalue weighted by molar-refractivity contribution is -0.145. The van der Waals surface area contributed by atoms with Gasteiger partial charge in [-0.25, -0.2) is 4.99 Å². The van der Waals surface area contributed by atoms with Gasteiger partial charge in [-0.15, -0.1) is 0 Å². The number of carbonyl (C=O) groups is 1. The summed E-state index contributed by atoms with van der Waals surface area (Å²) in [6.45, 7) is 1.52. The van der Waals surface area contributed by atoms with Gasteiger partial charge in [0.05, 0.1) is 13.2 Å². The average molecular weight is 241 g/mol. The number of nitrogens with zero attached hydrogens (tertiary/aromatic N) is 1. The molecule has 16 heavy (non-hydrogen) atoms. The first-order valence-electron chi connectivity index (χ1n) is 4.77. The zero-order valence-corrected chi connectivity index (χ0v) is 9.74. The highest BCUT2D eigenvalue weighted by atomic mass is 32.2. The molecule has 3 atom stereocenters. The number of ether oxygens (including phenoxy) is 3. The summed E-state index contributed by atoms with van der Waals surface area (Å²) in [7, 11) is 1.56. The van der Waals surface area contributed by atoms with Crippen molar-refractivity contribution in [3.05, 3.63) is 12.8 Å². The Kier molecular flexibility index (Phi) is 3.70. The van der Waals surface area contributed by atoms with Crippen LogP contribution in [0.3, 0.4) is 0 Å². The lowest BCUT2D eigenvalue weighted by Gasteiger charge is -2.28. The molecule has 1 saturated heterocycles. The summed E-state index contributed by atoms with van der Waals surface area (Å²) in [6, 6.07) is -0.173. The molecule has 0 aliphatic carbocycles. The minimum Gasteiger partial charge on any atom is -0.476 e. The molecule has 0 saturated carbocycles. The predicted molar refractivity (Wildman–Crippen MR) is 57.6 cm³/mol. The molecule has 0 unspecified atom stereocenters. The lowest BCUT2D eigenvalue weighted by Crippen LogP contribution is -2.37. The molecule has 4 radical (unpaired) electrons. The molecule has 0 aromatic carbocycles. The van der Waals surface area contributed by atoms with E-state index in [0.717, 1.165) is 0 Å². The number of esters is 1. The first kappa shape index (κ1) is 11.7. The molecule has 2 aliphatic rings. The monoisotopic (exact) mass is 241 g/mol. The van der Waals surface area contributed by atoms with E-state index in [-0.39, 0.29) is 30.2 Å². The van der Waals surface area contributed by atoms with Crippen LogP contribution in [0.15, 0.2) is 4.99 Å².